The van der Waals surface area contributed by atoms with Crippen molar-refractivity contribution in [2.45, 2.75) is 19.8 Å². The first kappa shape index (κ1) is 16.5. The topological polar surface area (TPSA) is 110 Å². The number of aromatic nitrogens is 2. The summed E-state index contributed by atoms with van der Waals surface area (Å²) >= 11 is 0. The van der Waals surface area contributed by atoms with Crippen LogP contribution in [0.2, 0.25) is 0 Å². The van der Waals surface area contributed by atoms with Crippen LogP contribution in [0.15, 0.2) is 46.3 Å². The van der Waals surface area contributed by atoms with Gasteiger partial charge in [0.05, 0.1) is 6.21 Å². The highest BCUT2D eigenvalue weighted by molar-refractivity contribution is 6.02. The average Bonchev–Trinajstić information content (AvgIpc) is 2.93. The smallest absolute Gasteiger partial charge is 0.267 e. The molecule has 0 spiro atoms. The third-order valence-corrected chi connectivity index (χ3v) is 4.02. The predicted octanol–water partition coefficient (Wildman–Crippen LogP) is 1.95. The fraction of sp³-hybridized carbons (Fsp3) is 0.167. The summed E-state index contributed by atoms with van der Waals surface area (Å²) in [5.74, 6) is -0.220. The van der Waals surface area contributed by atoms with Crippen LogP contribution in [0.25, 0.3) is 10.8 Å². The van der Waals surface area contributed by atoms with Gasteiger partial charge in [0.2, 0.25) is 5.91 Å². The van der Waals surface area contributed by atoms with E-state index in [4.69, 9.17) is 0 Å². The number of phenols is 1. The predicted molar refractivity (Wildman–Crippen MR) is 95.8 cm³/mol. The Balaban J connectivity index is 1.66. The minimum atomic E-state index is -0.309. The Hall–Kier alpha value is -3.35. The first-order valence-electron chi connectivity index (χ1n) is 7.85. The molecule has 1 aromatic heterocycles. The molecule has 25 heavy (non-hydrogen) atoms. The Kier molecular flexibility index (Phi) is 4.65. The van der Waals surface area contributed by atoms with E-state index in [0.29, 0.717) is 17.5 Å². The van der Waals surface area contributed by atoms with E-state index in [1.165, 1.54) is 6.21 Å². The number of nitrogens with zero attached hydrogens (tertiary/aromatic N) is 1. The second kappa shape index (κ2) is 7.04. The van der Waals surface area contributed by atoms with Crippen LogP contribution in [0.3, 0.4) is 0 Å². The van der Waals surface area contributed by atoms with Crippen LogP contribution >= 0.6 is 0 Å². The van der Waals surface area contributed by atoms with Gasteiger partial charge in [-0.25, -0.2) is 5.43 Å². The van der Waals surface area contributed by atoms with Crippen molar-refractivity contribution >= 4 is 22.9 Å². The molecule has 1 amide bonds. The number of nitrogens with one attached hydrogen (secondary N) is 3. The maximum Gasteiger partial charge on any atom is 0.267 e. The summed E-state index contributed by atoms with van der Waals surface area (Å²) in [5.41, 5.74) is 4.03. The van der Waals surface area contributed by atoms with Crippen LogP contribution in [-0.2, 0) is 11.2 Å². The van der Waals surface area contributed by atoms with Gasteiger partial charge in [-0.15, -0.1) is 0 Å². The molecule has 2 aromatic carbocycles. The van der Waals surface area contributed by atoms with Crippen molar-refractivity contribution < 1.29 is 9.90 Å². The van der Waals surface area contributed by atoms with Gasteiger partial charge in [0.25, 0.3) is 5.56 Å². The number of aromatic amines is 2. The lowest BCUT2D eigenvalue weighted by Crippen LogP contribution is -2.19. The zero-order valence-corrected chi connectivity index (χ0v) is 13.7. The van der Waals surface area contributed by atoms with Gasteiger partial charge in [0.15, 0.2) is 0 Å². The second-order valence-corrected chi connectivity index (χ2v) is 5.70. The van der Waals surface area contributed by atoms with Gasteiger partial charge in [-0.3, -0.25) is 14.7 Å². The lowest BCUT2D eigenvalue weighted by atomic mass is 10.0. The molecular weight excluding hydrogens is 320 g/mol. The summed E-state index contributed by atoms with van der Waals surface area (Å²) < 4.78 is 0. The molecule has 7 heteroatoms. The molecule has 0 saturated carbocycles. The van der Waals surface area contributed by atoms with E-state index in [9.17, 15) is 14.7 Å². The molecule has 0 radical (unpaired) electrons. The molecular formula is C18H18N4O3. The summed E-state index contributed by atoms with van der Waals surface area (Å²) in [6.07, 6.45) is 1.89. The fourth-order valence-corrected chi connectivity index (χ4v) is 2.66. The first-order valence-corrected chi connectivity index (χ1v) is 7.85. The van der Waals surface area contributed by atoms with Crippen molar-refractivity contribution in [2.75, 3.05) is 0 Å². The van der Waals surface area contributed by atoms with Crippen LogP contribution in [0.5, 0.6) is 5.75 Å². The number of hydrogen-bond donors (Lipinski definition) is 4. The number of aromatic hydroxyl groups is 1. The zero-order chi connectivity index (χ0) is 17.8. The maximum absolute atomic E-state index is 11.9. The van der Waals surface area contributed by atoms with Crippen LogP contribution in [-0.4, -0.2) is 27.4 Å². The number of benzene rings is 2. The summed E-state index contributed by atoms with van der Waals surface area (Å²) in [6.45, 7) is 1.77. The third kappa shape index (κ3) is 3.60. The average molecular weight is 338 g/mol. The number of carbonyl (C=O) groups is 1. The maximum atomic E-state index is 11.9. The lowest BCUT2D eigenvalue weighted by Gasteiger charge is -2.04. The standard InChI is InChI=1S/C18H18N4O3/c1-11-13(18(25)22-20-11)7-9-17(24)21-19-10-15-14-5-3-2-4-12(14)6-8-16(15)23/h2-6,8,10,23H,7,9H2,1H3,(H,21,24)(H2,20,22,25)/b19-10+. The Labute approximate surface area is 143 Å². The van der Waals surface area contributed by atoms with Gasteiger partial charge < -0.3 is 10.2 Å². The van der Waals surface area contributed by atoms with Crippen LogP contribution in [0.1, 0.15) is 23.2 Å². The van der Waals surface area contributed by atoms with E-state index < -0.39 is 0 Å². The lowest BCUT2D eigenvalue weighted by molar-refractivity contribution is -0.121. The molecule has 0 bridgehead atoms. The van der Waals surface area contributed by atoms with Crippen molar-refractivity contribution in [2.24, 2.45) is 5.10 Å². The molecule has 0 aliphatic carbocycles. The van der Waals surface area contributed by atoms with Gasteiger partial charge >= 0.3 is 0 Å². The molecule has 3 rings (SSSR count). The Morgan fingerprint density at radius 2 is 2.04 bits per heavy atom. The third-order valence-electron chi connectivity index (χ3n) is 4.02. The summed E-state index contributed by atoms with van der Waals surface area (Å²) in [4.78, 5) is 23.4. The molecule has 4 N–H and O–H groups in total. The molecule has 0 atom stereocenters. The molecule has 0 saturated heterocycles. The van der Waals surface area contributed by atoms with E-state index in [0.717, 1.165) is 16.5 Å². The number of rotatable bonds is 5. The number of aryl methyl sites for hydroxylation is 1. The van der Waals surface area contributed by atoms with Gasteiger partial charge in [0.1, 0.15) is 5.75 Å². The highest BCUT2D eigenvalue weighted by atomic mass is 16.3. The van der Waals surface area contributed by atoms with E-state index in [-0.39, 0.29) is 23.6 Å². The van der Waals surface area contributed by atoms with E-state index in [2.05, 4.69) is 20.7 Å². The minimum absolute atomic E-state index is 0.0891. The van der Waals surface area contributed by atoms with E-state index in [1.54, 1.807) is 13.0 Å². The largest absolute Gasteiger partial charge is 0.507 e. The molecule has 0 fully saturated rings. The SMILES string of the molecule is Cc1[nH][nH]c(=O)c1CCC(=O)N/N=C/c1c(O)ccc2ccccc12. The zero-order valence-electron chi connectivity index (χ0n) is 13.7. The van der Waals surface area contributed by atoms with Gasteiger partial charge in [-0.2, -0.15) is 5.10 Å². The summed E-state index contributed by atoms with van der Waals surface area (Å²) in [5, 5.41) is 20.9. The Morgan fingerprint density at radius 3 is 2.80 bits per heavy atom. The van der Waals surface area contributed by atoms with Crippen LogP contribution in [0, 0.1) is 6.92 Å². The molecule has 0 unspecified atom stereocenters. The van der Waals surface area contributed by atoms with E-state index >= 15 is 0 Å². The van der Waals surface area contributed by atoms with Crippen molar-refractivity contribution in [3.8, 4) is 5.75 Å². The number of H-pyrrole nitrogens is 2. The summed E-state index contributed by atoms with van der Waals surface area (Å²) in [7, 11) is 0. The molecule has 0 aliphatic heterocycles. The van der Waals surface area contributed by atoms with Gasteiger partial charge in [-0.05, 0) is 30.2 Å². The quantitative estimate of drug-likeness (QED) is 0.421. The number of carbonyl (C=O) groups excluding carboxylic acids is 1. The first-order chi connectivity index (χ1) is 12.1. The van der Waals surface area contributed by atoms with Crippen molar-refractivity contribution in [3.05, 3.63) is 63.6 Å². The van der Waals surface area contributed by atoms with Crippen molar-refractivity contribution in [1.29, 1.82) is 0 Å². The molecule has 0 aliphatic rings. The van der Waals surface area contributed by atoms with Crippen LogP contribution in [0.4, 0.5) is 0 Å². The molecule has 7 nitrogen and oxygen atoms in total. The van der Waals surface area contributed by atoms with Gasteiger partial charge in [-0.1, -0.05) is 30.3 Å². The van der Waals surface area contributed by atoms with Crippen molar-refractivity contribution in [3.63, 3.8) is 0 Å². The number of phenolic OH excluding ortho intramolecular Hbond substituents is 1. The minimum Gasteiger partial charge on any atom is -0.507 e. The fourth-order valence-electron chi connectivity index (χ4n) is 2.66. The summed E-state index contributed by atoms with van der Waals surface area (Å²) in [6, 6.07) is 11.0. The number of amides is 1. The number of hydrazone groups is 1. The van der Waals surface area contributed by atoms with E-state index in [1.807, 2.05) is 30.3 Å². The van der Waals surface area contributed by atoms with Crippen LogP contribution < -0.4 is 11.0 Å². The molecule has 3 aromatic rings. The van der Waals surface area contributed by atoms with Crippen molar-refractivity contribution in [1.82, 2.24) is 15.6 Å². The molecule has 1 heterocycles. The highest BCUT2D eigenvalue weighted by Gasteiger charge is 2.09. The Bertz CT molecular complexity index is 1000. The number of hydrogen-bond acceptors (Lipinski definition) is 4. The second-order valence-electron chi connectivity index (χ2n) is 5.70. The molecule has 128 valence electrons. The highest BCUT2D eigenvalue weighted by Crippen LogP contribution is 2.25. The normalized spacial score (nSPS) is 11.2. The monoisotopic (exact) mass is 338 g/mol. The Morgan fingerprint density at radius 1 is 1.24 bits per heavy atom. The number of fused-ring (bicyclic) bond motifs is 1. The van der Waals surface area contributed by atoms with Gasteiger partial charge in [0, 0.05) is 23.2 Å².